The number of likely N-dealkylation sites (tertiary alicyclic amines) is 1. The molecule has 6 heteroatoms. The number of pyridine rings is 1. The number of hydrogen-bond acceptors (Lipinski definition) is 4. The first-order valence-corrected chi connectivity index (χ1v) is 8.47. The summed E-state index contributed by atoms with van der Waals surface area (Å²) in [5.41, 5.74) is 1.84. The summed E-state index contributed by atoms with van der Waals surface area (Å²) in [4.78, 5) is 18.5. The first-order chi connectivity index (χ1) is 11.7. The van der Waals surface area contributed by atoms with Crippen LogP contribution in [0, 0.1) is 0 Å². The van der Waals surface area contributed by atoms with Crippen molar-refractivity contribution in [3.05, 3.63) is 48.0 Å². The van der Waals surface area contributed by atoms with Crippen molar-refractivity contribution in [1.29, 1.82) is 0 Å². The molecule has 0 N–H and O–H groups in total. The van der Waals surface area contributed by atoms with Crippen LogP contribution in [0.1, 0.15) is 41.1 Å². The van der Waals surface area contributed by atoms with Crippen LogP contribution in [-0.4, -0.2) is 50.9 Å². The minimum Gasteiger partial charge on any atom is -0.374 e. The van der Waals surface area contributed by atoms with Gasteiger partial charge in [-0.3, -0.25) is 14.5 Å². The summed E-state index contributed by atoms with van der Waals surface area (Å²) >= 11 is 0. The summed E-state index contributed by atoms with van der Waals surface area (Å²) in [7, 11) is 1.94. The number of carbonyl (C=O) groups excluding carboxylic acids is 1. The Morgan fingerprint density at radius 3 is 2.83 bits per heavy atom. The van der Waals surface area contributed by atoms with Gasteiger partial charge in [0.2, 0.25) is 0 Å². The van der Waals surface area contributed by atoms with E-state index in [1.165, 1.54) is 5.56 Å². The number of carbonyl (C=O) groups is 1. The molecular weight excluding hydrogens is 304 g/mol. The van der Waals surface area contributed by atoms with E-state index in [9.17, 15) is 4.79 Å². The molecule has 0 unspecified atom stereocenters. The topological polar surface area (TPSA) is 60.2 Å². The lowest BCUT2D eigenvalue weighted by molar-refractivity contribution is -0.0388. The highest BCUT2D eigenvalue weighted by atomic mass is 16.5. The summed E-state index contributed by atoms with van der Waals surface area (Å²) in [6.45, 7) is 2.24. The van der Waals surface area contributed by atoms with Gasteiger partial charge in [0.25, 0.3) is 5.91 Å². The fraction of sp³-hybridized carbons (Fsp3) is 0.500. The average molecular weight is 326 g/mol. The zero-order valence-corrected chi connectivity index (χ0v) is 13.9. The smallest absolute Gasteiger partial charge is 0.255 e. The molecule has 0 bridgehead atoms. The molecule has 1 amide bonds. The predicted octanol–water partition coefficient (Wildman–Crippen LogP) is 1.99. The third-order valence-corrected chi connectivity index (χ3v) is 5.28. The maximum absolute atomic E-state index is 12.5. The number of ether oxygens (including phenoxy) is 1. The van der Waals surface area contributed by atoms with E-state index in [1.54, 1.807) is 18.5 Å². The van der Waals surface area contributed by atoms with Crippen molar-refractivity contribution in [3.8, 4) is 0 Å². The fourth-order valence-corrected chi connectivity index (χ4v) is 3.85. The second kappa shape index (κ2) is 6.02. The highest BCUT2D eigenvalue weighted by Gasteiger charge is 2.44. The molecular formula is C18H22N4O2. The van der Waals surface area contributed by atoms with Crippen molar-refractivity contribution in [2.24, 2.45) is 7.05 Å². The molecule has 0 saturated carbocycles. The van der Waals surface area contributed by atoms with Crippen LogP contribution in [-0.2, 0) is 11.8 Å². The summed E-state index contributed by atoms with van der Waals surface area (Å²) in [5, 5.41) is 4.27. The normalized spacial score (nSPS) is 22.9. The number of amides is 1. The Hall–Kier alpha value is -2.21. The molecule has 6 nitrogen and oxygen atoms in total. The van der Waals surface area contributed by atoms with Gasteiger partial charge >= 0.3 is 0 Å². The van der Waals surface area contributed by atoms with Crippen LogP contribution in [0.25, 0.3) is 0 Å². The standard InChI is InChI=1S/C18H22N4O2/c1-21-12-16(11-20-21)15-9-18(24-13-15)4-7-22(8-5-18)17(23)14-3-2-6-19-10-14/h2-3,6,10-12,15H,4-5,7-9,13H2,1H3/t15-/m1/s1. The SMILES string of the molecule is Cn1cc([C@H]2COC3(CCN(C(=O)c4cccnc4)CC3)C2)cn1. The third-order valence-electron chi connectivity index (χ3n) is 5.28. The molecule has 0 aliphatic carbocycles. The summed E-state index contributed by atoms with van der Waals surface area (Å²) in [6, 6.07) is 3.63. The summed E-state index contributed by atoms with van der Waals surface area (Å²) in [5.74, 6) is 0.485. The van der Waals surface area contributed by atoms with Gasteiger partial charge in [-0.2, -0.15) is 5.10 Å². The van der Waals surface area contributed by atoms with E-state index in [2.05, 4.69) is 16.3 Å². The van der Waals surface area contributed by atoms with Gasteiger partial charge < -0.3 is 9.64 Å². The van der Waals surface area contributed by atoms with Crippen LogP contribution in [0.15, 0.2) is 36.9 Å². The Kier molecular flexibility index (Phi) is 3.84. The quantitative estimate of drug-likeness (QED) is 0.847. The monoisotopic (exact) mass is 326 g/mol. The van der Waals surface area contributed by atoms with Crippen LogP contribution >= 0.6 is 0 Å². The van der Waals surface area contributed by atoms with Crippen molar-refractivity contribution in [2.75, 3.05) is 19.7 Å². The van der Waals surface area contributed by atoms with Gasteiger partial charge in [0.15, 0.2) is 0 Å². The summed E-state index contributed by atoms with van der Waals surface area (Å²) in [6.07, 6.45) is 10.2. The van der Waals surface area contributed by atoms with Crippen molar-refractivity contribution in [2.45, 2.75) is 30.8 Å². The van der Waals surface area contributed by atoms with Crippen LogP contribution in [0.3, 0.4) is 0 Å². The molecule has 2 aromatic heterocycles. The third kappa shape index (κ3) is 2.82. The first-order valence-electron chi connectivity index (χ1n) is 8.47. The maximum atomic E-state index is 12.5. The Morgan fingerprint density at radius 1 is 1.33 bits per heavy atom. The second-order valence-electron chi connectivity index (χ2n) is 6.88. The lowest BCUT2D eigenvalue weighted by atomic mass is 9.84. The number of aryl methyl sites for hydroxylation is 1. The van der Waals surface area contributed by atoms with E-state index in [0.717, 1.165) is 39.0 Å². The average Bonchev–Trinajstić information content (AvgIpc) is 3.23. The van der Waals surface area contributed by atoms with Crippen molar-refractivity contribution in [3.63, 3.8) is 0 Å². The molecule has 0 aromatic carbocycles. The molecule has 2 aromatic rings. The first kappa shape index (κ1) is 15.3. The number of aromatic nitrogens is 3. The highest BCUT2D eigenvalue weighted by molar-refractivity contribution is 5.93. The molecule has 2 aliphatic heterocycles. The molecule has 1 spiro atoms. The van der Waals surface area contributed by atoms with Gasteiger partial charge in [-0.15, -0.1) is 0 Å². The Balaban J connectivity index is 1.39. The number of rotatable bonds is 2. The molecule has 126 valence electrons. The number of piperidine rings is 1. The zero-order valence-electron chi connectivity index (χ0n) is 13.9. The van der Waals surface area contributed by atoms with E-state index in [-0.39, 0.29) is 11.5 Å². The lowest BCUT2D eigenvalue weighted by Crippen LogP contribution is -2.46. The Bertz CT molecular complexity index is 720. The molecule has 2 fully saturated rings. The summed E-state index contributed by atoms with van der Waals surface area (Å²) < 4.78 is 8.05. The molecule has 4 heterocycles. The van der Waals surface area contributed by atoms with Gasteiger partial charge in [-0.05, 0) is 37.0 Å². The van der Waals surface area contributed by atoms with Gasteiger partial charge in [0, 0.05) is 44.6 Å². The van der Waals surface area contributed by atoms with E-state index >= 15 is 0 Å². The van der Waals surface area contributed by atoms with Gasteiger partial charge in [-0.1, -0.05) is 0 Å². The van der Waals surface area contributed by atoms with Crippen molar-refractivity contribution >= 4 is 5.91 Å². The van der Waals surface area contributed by atoms with Crippen LogP contribution in [0.5, 0.6) is 0 Å². The van der Waals surface area contributed by atoms with Gasteiger partial charge in [0.1, 0.15) is 0 Å². The molecule has 4 rings (SSSR count). The Labute approximate surface area is 141 Å². The van der Waals surface area contributed by atoms with Gasteiger partial charge in [0.05, 0.1) is 24.0 Å². The predicted molar refractivity (Wildman–Crippen MR) is 88.6 cm³/mol. The maximum Gasteiger partial charge on any atom is 0.255 e. The molecule has 24 heavy (non-hydrogen) atoms. The zero-order chi connectivity index (χ0) is 16.6. The minimum atomic E-state index is -0.0772. The second-order valence-corrected chi connectivity index (χ2v) is 6.88. The molecule has 2 aliphatic rings. The molecule has 0 radical (unpaired) electrons. The molecule has 1 atom stereocenters. The van der Waals surface area contributed by atoms with Crippen molar-refractivity contribution < 1.29 is 9.53 Å². The fourth-order valence-electron chi connectivity index (χ4n) is 3.85. The van der Waals surface area contributed by atoms with Crippen LogP contribution < -0.4 is 0 Å². The largest absolute Gasteiger partial charge is 0.374 e. The van der Waals surface area contributed by atoms with Crippen LogP contribution in [0.4, 0.5) is 0 Å². The van der Waals surface area contributed by atoms with E-state index in [0.29, 0.717) is 11.5 Å². The van der Waals surface area contributed by atoms with E-state index < -0.39 is 0 Å². The molecule has 2 saturated heterocycles. The highest BCUT2D eigenvalue weighted by Crippen LogP contribution is 2.42. The van der Waals surface area contributed by atoms with Crippen LogP contribution in [0.2, 0.25) is 0 Å². The minimum absolute atomic E-state index is 0.0692. The number of nitrogens with zero attached hydrogens (tertiary/aromatic N) is 4. The number of hydrogen-bond donors (Lipinski definition) is 0. The van der Waals surface area contributed by atoms with Gasteiger partial charge in [-0.25, -0.2) is 0 Å². The Morgan fingerprint density at radius 2 is 2.17 bits per heavy atom. The van der Waals surface area contributed by atoms with E-state index in [4.69, 9.17) is 4.74 Å². The van der Waals surface area contributed by atoms with Crippen molar-refractivity contribution in [1.82, 2.24) is 19.7 Å². The van der Waals surface area contributed by atoms with E-state index in [1.807, 2.05) is 28.9 Å². The lowest BCUT2D eigenvalue weighted by Gasteiger charge is -2.38.